The molecule has 0 bridgehead atoms. The Morgan fingerprint density at radius 2 is 2.05 bits per heavy atom. The maximum atomic E-state index is 10.8. The Bertz CT molecular complexity index is 595. The number of nitrogens with one attached hydrogen (secondary N) is 1. The predicted octanol–water partition coefficient (Wildman–Crippen LogP) is 2.41. The van der Waals surface area contributed by atoms with Crippen molar-refractivity contribution in [2.75, 3.05) is 7.11 Å². The molecule has 0 saturated carbocycles. The standard InChI is InChI=1S/C15H17NO3/c1-10(15(17)18)16-9-13-12-6-4-3-5-11(12)7-8-14(13)19-2/h3-8,10,16H,9H2,1-2H3,(H,17,18)/t10-/m0/s1. The minimum Gasteiger partial charge on any atom is -0.496 e. The molecule has 0 heterocycles. The quantitative estimate of drug-likeness (QED) is 0.865. The largest absolute Gasteiger partial charge is 0.496 e. The first-order chi connectivity index (χ1) is 9.13. The number of carboxylic acids is 1. The molecule has 0 aliphatic carbocycles. The van der Waals surface area contributed by atoms with Gasteiger partial charge in [0.05, 0.1) is 7.11 Å². The molecule has 0 unspecified atom stereocenters. The SMILES string of the molecule is COc1ccc2ccccc2c1CN[C@@H](C)C(=O)O. The molecular weight excluding hydrogens is 242 g/mol. The molecule has 19 heavy (non-hydrogen) atoms. The average Bonchev–Trinajstić information content (AvgIpc) is 2.43. The Morgan fingerprint density at radius 1 is 1.32 bits per heavy atom. The third-order valence-electron chi connectivity index (χ3n) is 3.17. The molecule has 1 atom stereocenters. The van der Waals surface area contributed by atoms with E-state index in [1.54, 1.807) is 14.0 Å². The van der Waals surface area contributed by atoms with Crippen molar-refractivity contribution in [2.45, 2.75) is 19.5 Å². The zero-order chi connectivity index (χ0) is 13.8. The molecule has 0 spiro atoms. The maximum Gasteiger partial charge on any atom is 0.320 e. The third-order valence-corrected chi connectivity index (χ3v) is 3.17. The fourth-order valence-corrected chi connectivity index (χ4v) is 2.03. The van der Waals surface area contributed by atoms with Gasteiger partial charge in [0.25, 0.3) is 0 Å². The van der Waals surface area contributed by atoms with Gasteiger partial charge in [-0.1, -0.05) is 30.3 Å². The highest BCUT2D eigenvalue weighted by molar-refractivity contribution is 5.87. The number of methoxy groups -OCH3 is 1. The van der Waals surface area contributed by atoms with Gasteiger partial charge in [-0.3, -0.25) is 4.79 Å². The molecule has 0 radical (unpaired) electrons. The van der Waals surface area contributed by atoms with Crippen molar-refractivity contribution in [1.29, 1.82) is 0 Å². The van der Waals surface area contributed by atoms with E-state index < -0.39 is 12.0 Å². The van der Waals surface area contributed by atoms with Gasteiger partial charge in [0.2, 0.25) is 0 Å². The minimum atomic E-state index is -0.862. The second kappa shape index (κ2) is 5.71. The summed E-state index contributed by atoms with van der Waals surface area (Å²) in [5.41, 5.74) is 0.980. The molecule has 0 aliphatic rings. The van der Waals surface area contributed by atoms with Gasteiger partial charge < -0.3 is 15.2 Å². The summed E-state index contributed by atoms with van der Waals surface area (Å²) in [5.74, 6) is -0.0945. The molecular formula is C15H17NO3. The average molecular weight is 259 g/mol. The van der Waals surface area contributed by atoms with Crippen LogP contribution in [0.4, 0.5) is 0 Å². The lowest BCUT2D eigenvalue weighted by Crippen LogP contribution is -2.33. The van der Waals surface area contributed by atoms with Crippen LogP contribution in [0.25, 0.3) is 10.8 Å². The van der Waals surface area contributed by atoms with Crippen molar-refractivity contribution in [2.24, 2.45) is 0 Å². The highest BCUT2D eigenvalue weighted by atomic mass is 16.5. The van der Waals surface area contributed by atoms with Gasteiger partial charge in [-0.15, -0.1) is 0 Å². The molecule has 0 fully saturated rings. The normalized spacial score (nSPS) is 12.3. The Labute approximate surface area is 112 Å². The number of aliphatic carboxylic acids is 1. The van der Waals surface area contributed by atoms with Crippen molar-refractivity contribution in [3.8, 4) is 5.75 Å². The molecule has 4 heteroatoms. The van der Waals surface area contributed by atoms with E-state index in [9.17, 15) is 4.79 Å². The van der Waals surface area contributed by atoms with Crippen molar-refractivity contribution in [3.63, 3.8) is 0 Å². The van der Waals surface area contributed by atoms with Crippen molar-refractivity contribution in [3.05, 3.63) is 42.0 Å². The topological polar surface area (TPSA) is 58.6 Å². The minimum absolute atomic E-state index is 0.456. The Hall–Kier alpha value is -2.07. The van der Waals surface area contributed by atoms with Crippen LogP contribution in [0.3, 0.4) is 0 Å². The van der Waals surface area contributed by atoms with Gasteiger partial charge in [-0.25, -0.2) is 0 Å². The fraction of sp³-hybridized carbons (Fsp3) is 0.267. The summed E-state index contributed by atoms with van der Waals surface area (Å²) in [6, 6.07) is 11.3. The van der Waals surface area contributed by atoms with E-state index in [0.29, 0.717) is 6.54 Å². The first kappa shape index (κ1) is 13.4. The smallest absolute Gasteiger partial charge is 0.320 e. The monoisotopic (exact) mass is 259 g/mol. The van der Waals surface area contributed by atoms with E-state index in [2.05, 4.69) is 5.32 Å². The van der Waals surface area contributed by atoms with E-state index in [0.717, 1.165) is 22.1 Å². The third kappa shape index (κ3) is 2.85. The van der Waals surface area contributed by atoms with Gasteiger partial charge in [-0.05, 0) is 23.8 Å². The fourth-order valence-electron chi connectivity index (χ4n) is 2.03. The van der Waals surface area contributed by atoms with Gasteiger partial charge in [0, 0.05) is 12.1 Å². The first-order valence-electron chi connectivity index (χ1n) is 6.14. The van der Waals surface area contributed by atoms with Crippen molar-refractivity contribution >= 4 is 16.7 Å². The van der Waals surface area contributed by atoms with Crippen LogP contribution in [-0.4, -0.2) is 24.2 Å². The van der Waals surface area contributed by atoms with Crippen LogP contribution in [-0.2, 0) is 11.3 Å². The van der Waals surface area contributed by atoms with Gasteiger partial charge in [0.1, 0.15) is 11.8 Å². The number of benzene rings is 2. The van der Waals surface area contributed by atoms with Crippen LogP contribution >= 0.6 is 0 Å². The molecule has 2 N–H and O–H groups in total. The Balaban J connectivity index is 2.36. The van der Waals surface area contributed by atoms with E-state index in [-0.39, 0.29) is 0 Å². The molecule has 0 aromatic heterocycles. The second-order valence-corrected chi connectivity index (χ2v) is 4.41. The molecule has 4 nitrogen and oxygen atoms in total. The summed E-state index contributed by atoms with van der Waals surface area (Å²) in [7, 11) is 1.62. The van der Waals surface area contributed by atoms with E-state index >= 15 is 0 Å². The molecule has 2 rings (SSSR count). The predicted molar refractivity (Wildman–Crippen MR) is 74.4 cm³/mol. The summed E-state index contributed by atoms with van der Waals surface area (Å²) in [6.07, 6.45) is 0. The van der Waals surface area contributed by atoms with Crippen LogP contribution in [0.2, 0.25) is 0 Å². The van der Waals surface area contributed by atoms with Crippen LogP contribution in [0.15, 0.2) is 36.4 Å². The molecule has 0 amide bonds. The summed E-state index contributed by atoms with van der Waals surface area (Å²) in [6.45, 7) is 2.08. The number of hydrogen-bond donors (Lipinski definition) is 2. The van der Waals surface area contributed by atoms with Gasteiger partial charge in [-0.2, -0.15) is 0 Å². The second-order valence-electron chi connectivity index (χ2n) is 4.41. The zero-order valence-electron chi connectivity index (χ0n) is 11.0. The highest BCUT2D eigenvalue weighted by Gasteiger charge is 2.13. The Kier molecular flexibility index (Phi) is 4.02. The highest BCUT2D eigenvalue weighted by Crippen LogP contribution is 2.27. The van der Waals surface area contributed by atoms with Gasteiger partial charge >= 0.3 is 5.97 Å². The van der Waals surface area contributed by atoms with Crippen LogP contribution in [0.1, 0.15) is 12.5 Å². The van der Waals surface area contributed by atoms with Crippen molar-refractivity contribution in [1.82, 2.24) is 5.32 Å². The number of carboxylic acid groups (broad SMARTS) is 1. The molecule has 2 aromatic carbocycles. The summed E-state index contributed by atoms with van der Waals surface area (Å²) in [5, 5.41) is 14.1. The summed E-state index contributed by atoms with van der Waals surface area (Å²) in [4.78, 5) is 10.8. The van der Waals surface area contributed by atoms with E-state index in [1.807, 2.05) is 36.4 Å². The van der Waals surface area contributed by atoms with Gasteiger partial charge in [0.15, 0.2) is 0 Å². The van der Waals surface area contributed by atoms with E-state index in [1.165, 1.54) is 0 Å². The lowest BCUT2D eigenvalue weighted by atomic mass is 10.0. The molecule has 0 aliphatic heterocycles. The zero-order valence-corrected chi connectivity index (χ0v) is 11.0. The number of rotatable bonds is 5. The summed E-state index contributed by atoms with van der Waals surface area (Å²) >= 11 is 0. The Morgan fingerprint density at radius 3 is 2.74 bits per heavy atom. The maximum absolute atomic E-state index is 10.8. The first-order valence-corrected chi connectivity index (χ1v) is 6.14. The number of ether oxygens (including phenoxy) is 1. The van der Waals surface area contributed by atoms with E-state index in [4.69, 9.17) is 9.84 Å². The molecule has 2 aromatic rings. The van der Waals surface area contributed by atoms with Crippen LogP contribution in [0, 0.1) is 0 Å². The lowest BCUT2D eigenvalue weighted by Gasteiger charge is -2.14. The molecule has 100 valence electrons. The molecule has 0 saturated heterocycles. The number of fused-ring (bicyclic) bond motifs is 1. The number of carbonyl (C=O) groups is 1. The summed E-state index contributed by atoms with van der Waals surface area (Å²) < 4.78 is 5.36. The lowest BCUT2D eigenvalue weighted by molar-refractivity contribution is -0.139. The number of hydrogen-bond acceptors (Lipinski definition) is 3. The van der Waals surface area contributed by atoms with Crippen LogP contribution < -0.4 is 10.1 Å². The van der Waals surface area contributed by atoms with Crippen molar-refractivity contribution < 1.29 is 14.6 Å². The van der Waals surface area contributed by atoms with Crippen LogP contribution in [0.5, 0.6) is 5.75 Å².